The molecule has 0 saturated carbocycles. The predicted molar refractivity (Wildman–Crippen MR) is 128 cm³/mol. The summed E-state index contributed by atoms with van der Waals surface area (Å²) in [6, 6.07) is 15.7. The maximum atomic E-state index is 13.1. The normalized spacial score (nSPS) is 10.9. The zero-order valence-corrected chi connectivity index (χ0v) is 19.3. The highest BCUT2D eigenvalue weighted by Gasteiger charge is 2.14. The van der Waals surface area contributed by atoms with Gasteiger partial charge in [0, 0.05) is 31.6 Å². The fourth-order valence-corrected chi connectivity index (χ4v) is 3.63. The van der Waals surface area contributed by atoms with E-state index >= 15 is 0 Å². The van der Waals surface area contributed by atoms with Crippen LogP contribution in [0, 0.1) is 0 Å². The van der Waals surface area contributed by atoms with Crippen molar-refractivity contribution < 1.29 is 14.3 Å². The third-order valence-corrected chi connectivity index (χ3v) is 5.37. The molecule has 0 atom stereocenters. The van der Waals surface area contributed by atoms with Gasteiger partial charge in [0.1, 0.15) is 0 Å². The molecule has 0 aliphatic heterocycles. The maximum absolute atomic E-state index is 13.1. The first-order valence-electron chi connectivity index (χ1n) is 10.4. The summed E-state index contributed by atoms with van der Waals surface area (Å²) >= 11 is 6.29. The quantitative estimate of drug-likeness (QED) is 0.400. The van der Waals surface area contributed by atoms with Gasteiger partial charge in [0.2, 0.25) is 5.91 Å². The molecule has 0 spiro atoms. The summed E-state index contributed by atoms with van der Waals surface area (Å²) < 4.78 is 10.6. The van der Waals surface area contributed by atoms with Crippen LogP contribution in [0.2, 0.25) is 5.02 Å². The van der Waals surface area contributed by atoms with Crippen molar-refractivity contribution in [2.75, 3.05) is 14.2 Å². The number of hydrogen-bond acceptors (Lipinski definition) is 4. The van der Waals surface area contributed by atoms with E-state index in [9.17, 15) is 4.79 Å². The first-order chi connectivity index (χ1) is 15.5. The SMILES string of the molecule is CCc1ccc(CN(Cc2cccnc2)C(=O)/C=C/c2cc(Cl)c(OC)c(OC)c2)cc1. The molecule has 1 heterocycles. The molecule has 5 nitrogen and oxygen atoms in total. The number of carbonyl (C=O) groups excluding carboxylic acids is 1. The Morgan fingerprint density at radius 2 is 1.75 bits per heavy atom. The average molecular weight is 451 g/mol. The van der Waals surface area contributed by atoms with E-state index < -0.39 is 0 Å². The number of ether oxygens (including phenoxy) is 2. The smallest absolute Gasteiger partial charge is 0.247 e. The van der Waals surface area contributed by atoms with Gasteiger partial charge < -0.3 is 14.4 Å². The minimum absolute atomic E-state index is 0.112. The second-order valence-corrected chi connectivity index (χ2v) is 7.70. The fourth-order valence-electron chi connectivity index (χ4n) is 3.33. The minimum Gasteiger partial charge on any atom is -0.493 e. The largest absolute Gasteiger partial charge is 0.493 e. The standard InChI is InChI=1S/C26H27ClN2O3/c1-4-19-7-9-20(10-8-19)17-29(18-22-6-5-13-28-16-22)25(30)12-11-21-14-23(27)26(32-3)24(15-21)31-2/h5-16H,4,17-18H2,1-3H3/b12-11+. The third kappa shape index (κ3) is 6.11. The molecule has 0 fully saturated rings. The van der Waals surface area contributed by atoms with Crippen LogP contribution in [0.25, 0.3) is 6.08 Å². The molecular formula is C26H27ClN2O3. The molecule has 0 aliphatic carbocycles. The van der Waals surface area contributed by atoms with Gasteiger partial charge in [-0.25, -0.2) is 0 Å². The molecule has 0 unspecified atom stereocenters. The van der Waals surface area contributed by atoms with E-state index in [2.05, 4.69) is 36.2 Å². The Morgan fingerprint density at radius 1 is 1.03 bits per heavy atom. The summed E-state index contributed by atoms with van der Waals surface area (Å²) in [5, 5.41) is 0.419. The van der Waals surface area contributed by atoms with Crippen molar-refractivity contribution in [2.24, 2.45) is 0 Å². The van der Waals surface area contributed by atoms with E-state index in [0.29, 0.717) is 29.6 Å². The van der Waals surface area contributed by atoms with Gasteiger partial charge in [-0.05, 0) is 52.9 Å². The van der Waals surface area contributed by atoms with Crippen molar-refractivity contribution in [3.63, 3.8) is 0 Å². The zero-order valence-electron chi connectivity index (χ0n) is 18.5. The van der Waals surface area contributed by atoms with Gasteiger partial charge in [-0.1, -0.05) is 48.9 Å². The third-order valence-electron chi connectivity index (χ3n) is 5.09. The Morgan fingerprint density at radius 3 is 2.38 bits per heavy atom. The number of methoxy groups -OCH3 is 2. The molecule has 1 aromatic heterocycles. The van der Waals surface area contributed by atoms with Gasteiger partial charge in [-0.15, -0.1) is 0 Å². The lowest BCUT2D eigenvalue weighted by atomic mass is 10.1. The van der Waals surface area contributed by atoms with Crippen molar-refractivity contribution in [2.45, 2.75) is 26.4 Å². The topological polar surface area (TPSA) is 51.7 Å². The highest BCUT2D eigenvalue weighted by molar-refractivity contribution is 6.32. The van der Waals surface area contributed by atoms with Crippen molar-refractivity contribution in [3.05, 3.63) is 94.3 Å². The zero-order chi connectivity index (χ0) is 22.9. The lowest BCUT2D eigenvalue weighted by Crippen LogP contribution is -2.28. The van der Waals surface area contributed by atoms with E-state index in [1.807, 2.05) is 12.1 Å². The van der Waals surface area contributed by atoms with Gasteiger partial charge in [0.25, 0.3) is 0 Å². The van der Waals surface area contributed by atoms with Crippen LogP contribution >= 0.6 is 11.6 Å². The summed E-state index contributed by atoms with van der Waals surface area (Å²) in [5.74, 6) is 0.862. The molecule has 0 saturated heterocycles. The van der Waals surface area contributed by atoms with Crippen LogP contribution in [-0.4, -0.2) is 30.0 Å². The molecule has 0 aliphatic rings. The van der Waals surface area contributed by atoms with Crippen molar-refractivity contribution in [3.8, 4) is 11.5 Å². The average Bonchev–Trinajstić information content (AvgIpc) is 2.82. The first kappa shape index (κ1) is 23.4. The second kappa shape index (κ2) is 11.3. The lowest BCUT2D eigenvalue weighted by molar-refractivity contribution is -0.127. The first-order valence-corrected chi connectivity index (χ1v) is 10.8. The maximum Gasteiger partial charge on any atom is 0.247 e. The monoisotopic (exact) mass is 450 g/mol. The summed E-state index contributed by atoms with van der Waals surface area (Å²) in [4.78, 5) is 19.1. The number of amides is 1. The Hall–Kier alpha value is -3.31. The van der Waals surface area contributed by atoms with E-state index in [-0.39, 0.29) is 5.91 Å². The van der Waals surface area contributed by atoms with Crippen LogP contribution in [0.3, 0.4) is 0 Å². The molecule has 2 aromatic carbocycles. The van der Waals surface area contributed by atoms with Crippen LogP contribution in [0.4, 0.5) is 0 Å². The molecule has 32 heavy (non-hydrogen) atoms. The lowest BCUT2D eigenvalue weighted by Gasteiger charge is -2.22. The Bertz CT molecular complexity index is 1070. The van der Waals surface area contributed by atoms with Gasteiger partial charge in [-0.3, -0.25) is 9.78 Å². The number of aryl methyl sites for hydroxylation is 1. The molecule has 0 bridgehead atoms. The van der Waals surface area contributed by atoms with Gasteiger partial charge >= 0.3 is 0 Å². The molecule has 1 amide bonds. The number of benzene rings is 2. The summed E-state index contributed by atoms with van der Waals surface area (Å²) in [5.41, 5.74) is 4.05. The van der Waals surface area contributed by atoms with Gasteiger partial charge in [0.05, 0.1) is 19.2 Å². The number of hydrogen-bond donors (Lipinski definition) is 0. The Kier molecular flexibility index (Phi) is 8.28. The van der Waals surface area contributed by atoms with E-state index in [1.165, 1.54) is 12.7 Å². The van der Waals surface area contributed by atoms with Crippen LogP contribution in [0.1, 0.15) is 29.2 Å². The molecule has 166 valence electrons. The number of nitrogens with zero attached hydrogens (tertiary/aromatic N) is 2. The molecular weight excluding hydrogens is 424 g/mol. The highest BCUT2D eigenvalue weighted by atomic mass is 35.5. The molecule has 3 rings (SSSR count). The van der Waals surface area contributed by atoms with Crippen LogP contribution in [0.5, 0.6) is 11.5 Å². The molecule has 6 heteroatoms. The Labute approximate surface area is 194 Å². The van der Waals surface area contributed by atoms with Crippen molar-refractivity contribution >= 4 is 23.6 Å². The number of carbonyl (C=O) groups is 1. The fraction of sp³-hybridized carbons (Fsp3) is 0.231. The summed E-state index contributed by atoms with van der Waals surface area (Å²) in [7, 11) is 3.08. The summed E-state index contributed by atoms with van der Waals surface area (Å²) in [6.07, 6.45) is 7.76. The van der Waals surface area contributed by atoms with Crippen molar-refractivity contribution in [1.29, 1.82) is 0 Å². The number of rotatable bonds is 9. The molecule has 0 radical (unpaired) electrons. The summed E-state index contributed by atoms with van der Waals surface area (Å²) in [6.45, 7) is 3.08. The van der Waals surface area contributed by atoms with Gasteiger partial charge in [-0.2, -0.15) is 0 Å². The minimum atomic E-state index is -0.112. The number of aromatic nitrogens is 1. The predicted octanol–water partition coefficient (Wildman–Crippen LogP) is 5.56. The highest BCUT2D eigenvalue weighted by Crippen LogP contribution is 2.36. The van der Waals surface area contributed by atoms with Crippen LogP contribution < -0.4 is 9.47 Å². The van der Waals surface area contributed by atoms with E-state index in [0.717, 1.165) is 23.1 Å². The van der Waals surface area contributed by atoms with E-state index in [1.54, 1.807) is 48.7 Å². The van der Waals surface area contributed by atoms with Crippen LogP contribution in [-0.2, 0) is 24.3 Å². The number of pyridine rings is 1. The van der Waals surface area contributed by atoms with Crippen molar-refractivity contribution in [1.82, 2.24) is 9.88 Å². The molecule has 0 N–H and O–H groups in total. The Balaban J connectivity index is 1.83. The number of halogens is 1. The van der Waals surface area contributed by atoms with Gasteiger partial charge in [0.15, 0.2) is 11.5 Å². The second-order valence-electron chi connectivity index (χ2n) is 7.30. The molecule has 3 aromatic rings. The van der Waals surface area contributed by atoms with Crippen LogP contribution in [0.15, 0.2) is 67.0 Å². The van der Waals surface area contributed by atoms with E-state index in [4.69, 9.17) is 21.1 Å².